The average molecular weight is 301 g/mol. The highest BCUT2D eigenvalue weighted by Gasteiger charge is 2.20. The van der Waals surface area contributed by atoms with E-state index in [2.05, 4.69) is 9.97 Å². The fraction of sp³-hybridized carbons (Fsp3) is 0.143. The van der Waals surface area contributed by atoms with Gasteiger partial charge in [0.1, 0.15) is 11.4 Å². The van der Waals surface area contributed by atoms with Crippen molar-refractivity contribution in [1.29, 1.82) is 0 Å². The van der Waals surface area contributed by atoms with Crippen LogP contribution in [-0.4, -0.2) is 19.2 Å². The molecule has 0 fully saturated rings. The molecule has 2 heterocycles. The normalized spacial score (nSPS) is 11.0. The number of aromatic hydroxyl groups is 1. The fourth-order valence-electron chi connectivity index (χ4n) is 2.38. The lowest BCUT2D eigenvalue weighted by atomic mass is 10.1. The maximum atomic E-state index is 12.4. The SMILES string of the molecule is Cn1c(=O)c2c(-c3ccc(O)cc3)[nH]c(=O)[nH+]c2n(C)c1=O. The molecule has 1 aromatic carbocycles. The van der Waals surface area contributed by atoms with Gasteiger partial charge < -0.3 is 5.11 Å². The summed E-state index contributed by atoms with van der Waals surface area (Å²) in [6.45, 7) is 0. The van der Waals surface area contributed by atoms with Gasteiger partial charge in [-0.2, -0.15) is 0 Å². The van der Waals surface area contributed by atoms with Gasteiger partial charge in [-0.05, 0) is 24.3 Å². The maximum absolute atomic E-state index is 12.4. The zero-order chi connectivity index (χ0) is 16.0. The maximum Gasteiger partial charge on any atom is 0.439 e. The van der Waals surface area contributed by atoms with E-state index in [1.165, 1.54) is 30.8 Å². The van der Waals surface area contributed by atoms with E-state index in [0.29, 0.717) is 5.56 Å². The Morgan fingerprint density at radius 1 is 1.05 bits per heavy atom. The van der Waals surface area contributed by atoms with E-state index >= 15 is 0 Å². The van der Waals surface area contributed by atoms with Crippen LogP contribution in [0.15, 0.2) is 38.6 Å². The second-order valence-corrected chi connectivity index (χ2v) is 4.93. The molecule has 112 valence electrons. The molecule has 0 aliphatic rings. The van der Waals surface area contributed by atoms with Crippen LogP contribution in [0.2, 0.25) is 0 Å². The second-order valence-electron chi connectivity index (χ2n) is 4.93. The molecule has 2 aromatic heterocycles. The number of aromatic amines is 2. The van der Waals surface area contributed by atoms with Crippen molar-refractivity contribution in [2.75, 3.05) is 0 Å². The third-order valence-electron chi connectivity index (χ3n) is 3.54. The first kappa shape index (κ1) is 13.8. The van der Waals surface area contributed by atoms with Gasteiger partial charge in [0.05, 0.1) is 7.05 Å². The van der Waals surface area contributed by atoms with E-state index in [1.807, 2.05) is 0 Å². The van der Waals surface area contributed by atoms with Crippen LogP contribution < -0.4 is 21.9 Å². The van der Waals surface area contributed by atoms with Crippen LogP contribution in [0.4, 0.5) is 0 Å². The molecule has 0 aliphatic carbocycles. The molecule has 3 aromatic rings. The predicted octanol–water partition coefficient (Wildman–Crippen LogP) is -0.888. The highest BCUT2D eigenvalue weighted by atomic mass is 16.3. The monoisotopic (exact) mass is 301 g/mol. The van der Waals surface area contributed by atoms with Crippen molar-refractivity contribution in [3.05, 3.63) is 55.6 Å². The number of nitrogens with one attached hydrogen (secondary N) is 2. The number of hydrogen-bond acceptors (Lipinski definition) is 4. The number of phenolic OH excluding ortho intramolecular Hbond substituents is 1. The Labute approximate surface area is 122 Å². The number of hydrogen-bond donors (Lipinski definition) is 2. The number of benzene rings is 1. The van der Waals surface area contributed by atoms with Crippen LogP contribution in [-0.2, 0) is 14.1 Å². The van der Waals surface area contributed by atoms with Gasteiger partial charge in [-0.15, -0.1) is 0 Å². The van der Waals surface area contributed by atoms with Crippen molar-refractivity contribution in [3.8, 4) is 17.0 Å². The molecule has 0 aliphatic heterocycles. The number of phenols is 1. The minimum Gasteiger partial charge on any atom is -0.508 e. The minimum absolute atomic E-state index is 0.0678. The molecule has 0 unspecified atom stereocenters. The molecule has 3 rings (SSSR count). The van der Waals surface area contributed by atoms with E-state index in [-0.39, 0.29) is 22.5 Å². The molecule has 8 heteroatoms. The molecule has 0 saturated carbocycles. The van der Waals surface area contributed by atoms with E-state index in [1.54, 1.807) is 12.1 Å². The van der Waals surface area contributed by atoms with E-state index in [9.17, 15) is 19.5 Å². The van der Waals surface area contributed by atoms with Gasteiger partial charge in [0.2, 0.25) is 5.65 Å². The summed E-state index contributed by atoms with van der Waals surface area (Å²) in [4.78, 5) is 41.3. The molecule has 0 saturated heterocycles. The molecule has 22 heavy (non-hydrogen) atoms. The molecule has 0 bridgehead atoms. The summed E-state index contributed by atoms with van der Waals surface area (Å²) >= 11 is 0. The summed E-state index contributed by atoms with van der Waals surface area (Å²) in [7, 11) is 2.84. The van der Waals surface area contributed by atoms with Crippen molar-refractivity contribution >= 4 is 11.0 Å². The van der Waals surface area contributed by atoms with Gasteiger partial charge in [0.15, 0.2) is 5.39 Å². The van der Waals surface area contributed by atoms with E-state index < -0.39 is 16.9 Å². The lowest BCUT2D eigenvalue weighted by molar-refractivity contribution is -0.374. The van der Waals surface area contributed by atoms with Crippen molar-refractivity contribution in [2.45, 2.75) is 0 Å². The Balaban J connectivity index is 2.56. The van der Waals surface area contributed by atoms with E-state index in [4.69, 9.17) is 0 Å². The number of fused-ring (bicyclic) bond motifs is 1. The lowest BCUT2D eigenvalue weighted by Crippen LogP contribution is -2.43. The fourth-order valence-corrected chi connectivity index (χ4v) is 2.38. The smallest absolute Gasteiger partial charge is 0.439 e. The number of H-pyrrole nitrogens is 2. The number of aromatic nitrogens is 4. The molecular formula is C14H13N4O4+. The second kappa shape index (κ2) is 4.69. The minimum atomic E-state index is -0.543. The molecule has 8 nitrogen and oxygen atoms in total. The Morgan fingerprint density at radius 3 is 2.32 bits per heavy atom. The summed E-state index contributed by atoms with van der Waals surface area (Å²) in [5.41, 5.74) is -0.622. The van der Waals surface area contributed by atoms with Crippen LogP contribution in [0.1, 0.15) is 0 Å². The quantitative estimate of drug-likeness (QED) is 0.607. The summed E-state index contributed by atoms with van der Waals surface area (Å²) < 4.78 is 2.17. The molecule has 0 atom stereocenters. The van der Waals surface area contributed by atoms with Crippen molar-refractivity contribution in [1.82, 2.24) is 14.1 Å². The Bertz CT molecular complexity index is 1060. The zero-order valence-corrected chi connectivity index (χ0v) is 11.9. The van der Waals surface area contributed by atoms with Crippen LogP contribution in [0.3, 0.4) is 0 Å². The highest BCUT2D eigenvalue weighted by Crippen LogP contribution is 2.22. The standard InChI is InChI=1S/C14H12N4O4/c1-17-11-9(12(20)18(2)14(17)22)10(15-13(21)16-11)7-3-5-8(19)6-4-7/h3-6,19H,1-2H3,(H,15,16,21)/p+1. The number of nitrogens with zero attached hydrogens (tertiary/aromatic N) is 2. The summed E-state index contributed by atoms with van der Waals surface area (Å²) in [6.07, 6.45) is 0. The summed E-state index contributed by atoms with van der Waals surface area (Å²) in [6, 6.07) is 6.04. The largest absolute Gasteiger partial charge is 0.508 e. The summed E-state index contributed by atoms with van der Waals surface area (Å²) in [5.74, 6) is 0.0678. The van der Waals surface area contributed by atoms with Gasteiger partial charge in [0.25, 0.3) is 5.56 Å². The van der Waals surface area contributed by atoms with Crippen molar-refractivity contribution < 1.29 is 10.1 Å². The topological polar surface area (TPSA) is 111 Å². The Morgan fingerprint density at radius 2 is 1.68 bits per heavy atom. The lowest BCUT2D eigenvalue weighted by Gasteiger charge is -2.06. The number of rotatable bonds is 1. The van der Waals surface area contributed by atoms with Crippen LogP contribution in [0, 0.1) is 0 Å². The molecule has 0 spiro atoms. The zero-order valence-electron chi connectivity index (χ0n) is 11.9. The highest BCUT2D eigenvalue weighted by molar-refractivity contribution is 5.87. The van der Waals surface area contributed by atoms with Gasteiger partial charge in [-0.1, -0.05) is 0 Å². The average Bonchev–Trinajstić information content (AvgIpc) is 2.50. The Hall–Kier alpha value is -3.16. The van der Waals surface area contributed by atoms with Gasteiger partial charge >= 0.3 is 11.4 Å². The molecule has 3 N–H and O–H groups in total. The molecular weight excluding hydrogens is 288 g/mol. The van der Waals surface area contributed by atoms with Crippen LogP contribution in [0.25, 0.3) is 22.3 Å². The van der Waals surface area contributed by atoms with Crippen molar-refractivity contribution in [2.24, 2.45) is 14.1 Å². The Kier molecular flexibility index (Phi) is 2.94. The van der Waals surface area contributed by atoms with Gasteiger partial charge in [-0.3, -0.25) is 4.79 Å². The first-order chi connectivity index (χ1) is 10.4. The summed E-state index contributed by atoms with van der Waals surface area (Å²) in [5, 5.41) is 9.55. The third kappa shape index (κ3) is 1.93. The molecule has 0 radical (unpaired) electrons. The third-order valence-corrected chi connectivity index (χ3v) is 3.54. The van der Waals surface area contributed by atoms with Crippen LogP contribution in [0.5, 0.6) is 5.75 Å². The van der Waals surface area contributed by atoms with E-state index in [0.717, 1.165) is 4.57 Å². The van der Waals surface area contributed by atoms with Crippen LogP contribution >= 0.6 is 0 Å². The predicted molar refractivity (Wildman–Crippen MR) is 78.7 cm³/mol. The molecule has 0 amide bonds. The van der Waals surface area contributed by atoms with Gasteiger partial charge in [-0.25, -0.2) is 28.7 Å². The first-order valence-electron chi connectivity index (χ1n) is 6.45. The van der Waals surface area contributed by atoms with Gasteiger partial charge in [0, 0.05) is 12.6 Å². The van der Waals surface area contributed by atoms with Crippen molar-refractivity contribution in [3.63, 3.8) is 0 Å². The first-order valence-corrected chi connectivity index (χ1v) is 6.45. The number of aryl methyl sites for hydroxylation is 1.